The summed E-state index contributed by atoms with van der Waals surface area (Å²) in [7, 11) is 1.84. The monoisotopic (exact) mass is 265 g/mol. The standard InChI is InChI=1S/C15H20FNO2/c1-4-13(18)6-5-12-9-14(7-8-15(12)16)19-11(2)10-17-3/h5-9,11,17H,4,10H2,1-3H3/b6-5+/t11-/m0/s1. The predicted octanol–water partition coefficient (Wildman–Crippen LogP) is 2.80. The van der Waals surface area contributed by atoms with E-state index in [0.29, 0.717) is 24.3 Å². The van der Waals surface area contributed by atoms with Crippen LogP contribution in [0.25, 0.3) is 6.08 Å². The number of rotatable bonds is 7. The maximum Gasteiger partial charge on any atom is 0.155 e. The minimum Gasteiger partial charge on any atom is -0.489 e. The average Bonchev–Trinajstić information content (AvgIpc) is 2.39. The van der Waals surface area contributed by atoms with Gasteiger partial charge in [0.2, 0.25) is 0 Å². The average molecular weight is 265 g/mol. The van der Waals surface area contributed by atoms with E-state index in [1.165, 1.54) is 18.2 Å². The minimum atomic E-state index is -0.367. The molecule has 0 saturated carbocycles. The van der Waals surface area contributed by atoms with Crippen LogP contribution < -0.4 is 10.1 Å². The van der Waals surface area contributed by atoms with Gasteiger partial charge in [0.05, 0.1) is 0 Å². The first-order valence-corrected chi connectivity index (χ1v) is 6.38. The fourth-order valence-corrected chi connectivity index (χ4v) is 1.58. The molecule has 0 aliphatic carbocycles. The van der Waals surface area contributed by atoms with Gasteiger partial charge in [-0.05, 0) is 44.3 Å². The van der Waals surface area contributed by atoms with Crippen LogP contribution in [0.5, 0.6) is 5.75 Å². The lowest BCUT2D eigenvalue weighted by atomic mass is 10.1. The molecular weight excluding hydrogens is 245 g/mol. The minimum absolute atomic E-state index is 0.00966. The number of benzene rings is 1. The van der Waals surface area contributed by atoms with Crippen molar-refractivity contribution in [2.45, 2.75) is 26.4 Å². The molecule has 1 rings (SSSR count). The van der Waals surface area contributed by atoms with Gasteiger partial charge >= 0.3 is 0 Å². The molecule has 0 amide bonds. The fourth-order valence-electron chi connectivity index (χ4n) is 1.58. The summed E-state index contributed by atoms with van der Waals surface area (Å²) in [4.78, 5) is 11.2. The van der Waals surface area contributed by atoms with Crippen molar-refractivity contribution in [1.82, 2.24) is 5.32 Å². The summed E-state index contributed by atoms with van der Waals surface area (Å²) in [5.74, 6) is 0.191. The Morgan fingerprint density at radius 3 is 2.89 bits per heavy atom. The third-order valence-corrected chi connectivity index (χ3v) is 2.59. The molecule has 19 heavy (non-hydrogen) atoms. The zero-order valence-corrected chi connectivity index (χ0v) is 11.6. The van der Waals surface area contributed by atoms with E-state index < -0.39 is 0 Å². The summed E-state index contributed by atoms with van der Waals surface area (Å²) in [5.41, 5.74) is 0.357. The summed E-state index contributed by atoms with van der Waals surface area (Å²) < 4.78 is 19.2. The second-order valence-electron chi connectivity index (χ2n) is 4.32. The van der Waals surface area contributed by atoms with Gasteiger partial charge in [0.15, 0.2) is 5.78 Å². The van der Waals surface area contributed by atoms with Crippen molar-refractivity contribution in [3.8, 4) is 5.75 Å². The molecule has 104 valence electrons. The van der Waals surface area contributed by atoms with Crippen LogP contribution in [0.2, 0.25) is 0 Å². The summed E-state index contributed by atoms with van der Waals surface area (Å²) in [5, 5.41) is 3.00. The highest BCUT2D eigenvalue weighted by Crippen LogP contribution is 2.19. The number of allylic oxidation sites excluding steroid dienone is 1. The van der Waals surface area contributed by atoms with E-state index in [1.54, 1.807) is 19.1 Å². The van der Waals surface area contributed by atoms with Gasteiger partial charge in [0, 0.05) is 18.5 Å². The number of carbonyl (C=O) groups is 1. The number of hydrogen-bond donors (Lipinski definition) is 1. The lowest BCUT2D eigenvalue weighted by Crippen LogP contribution is -2.26. The van der Waals surface area contributed by atoms with Crippen molar-refractivity contribution in [2.75, 3.05) is 13.6 Å². The molecule has 0 bridgehead atoms. The fraction of sp³-hybridized carbons (Fsp3) is 0.400. The summed E-state index contributed by atoms with van der Waals surface area (Å²) >= 11 is 0. The van der Waals surface area contributed by atoms with Crippen molar-refractivity contribution in [2.24, 2.45) is 0 Å². The third kappa shape index (κ3) is 5.22. The zero-order chi connectivity index (χ0) is 14.3. The Morgan fingerprint density at radius 1 is 1.53 bits per heavy atom. The Kier molecular flexibility index (Phi) is 6.22. The number of likely N-dealkylation sites (N-methyl/N-ethyl adjacent to an activating group) is 1. The van der Waals surface area contributed by atoms with Crippen LogP contribution in [0.4, 0.5) is 4.39 Å². The van der Waals surface area contributed by atoms with Crippen LogP contribution in [-0.2, 0) is 4.79 Å². The molecule has 0 unspecified atom stereocenters. The van der Waals surface area contributed by atoms with Crippen molar-refractivity contribution >= 4 is 11.9 Å². The summed E-state index contributed by atoms with van der Waals surface area (Å²) in [6.07, 6.45) is 3.27. The molecule has 0 aliphatic rings. The van der Waals surface area contributed by atoms with E-state index in [1.807, 2.05) is 14.0 Å². The van der Waals surface area contributed by atoms with Gasteiger partial charge in [0.25, 0.3) is 0 Å². The number of ether oxygens (including phenoxy) is 1. The molecule has 0 heterocycles. The number of halogens is 1. The van der Waals surface area contributed by atoms with E-state index in [9.17, 15) is 9.18 Å². The van der Waals surface area contributed by atoms with Crippen molar-refractivity contribution in [3.63, 3.8) is 0 Å². The molecule has 0 fully saturated rings. The van der Waals surface area contributed by atoms with E-state index in [0.717, 1.165) is 0 Å². The number of nitrogens with one attached hydrogen (secondary N) is 1. The van der Waals surface area contributed by atoms with Crippen LogP contribution in [0.1, 0.15) is 25.8 Å². The first kappa shape index (κ1) is 15.4. The normalized spacial score (nSPS) is 12.6. The molecule has 1 aromatic rings. The van der Waals surface area contributed by atoms with Crippen LogP contribution in [0.15, 0.2) is 24.3 Å². The maximum atomic E-state index is 13.6. The molecular formula is C15H20FNO2. The third-order valence-electron chi connectivity index (χ3n) is 2.59. The Hall–Kier alpha value is -1.68. The zero-order valence-electron chi connectivity index (χ0n) is 11.6. The number of ketones is 1. The van der Waals surface area contributed by atoms with Crippen LogP contribution in [0, 0.1) is 5.82 Å². The molecule has 4 heteroatoms. The van der Waals surface area contributed by atoms with Crippen molar-refractivity contribution < 1.29 is 13.9 Å². The summed E-state index contributed by atoms with van der Waals surface area (Å²) in [6, 6.07) is 4.53. The molecule has 3 nitrogen and oxygen atoms in total. The van der Waals surface area contributed by atoms with Gasteiger partial charge < -0.3 is 10.1 Å². The van der Waals surface area contributed by atoms with E-state index >= 15 is 0 Å². The van der Waals surface area contributed by atoms with E-state index in [-0.39, 0.29) is 17.7 Å². The Bertz CT molecular complexity index is 457. The van der Waals surface area contributed by atoms with E-state index in [4.69, 9.17) is 4.74 Å². The van der Waals surface area contributed by atoms with Crippen molar-refractivity contribution in [3.05, 3.63) is 35.7 Å². The number of carbonyl (C=O) groups excluding carboxylic acids is 1. The largest absolute Gasteiger partial charge is 0.489 e. The smallest absolute Gasteiger partial charge is 0.155 e. The van der Waals surface area contributed by atoms with Gasteiger partial charge in [-0.15, -0.1) is 0 Å². The Balaban J connectivity index is 2.82. The SMILES string of the molecule is CCC(=O)/C=C/c1cc(O[C@@H](C)CNC)ccc1F. The highest BCUT2D eigenvalue weighted by atomic mass is 19.1. The lowest BCUT2D eigenvalue weighted by Gasteiger charge is -2.14. The molecule has 0 spiro atoms. The quantitative estimate of drug-likeness (QED) is 0.770. The topological polar surface area (TPSA) is 38.3 Å². The van der Waals surface area contributed by atoms with Crippen LogP contribution in [0.3, 0.4) is 0 Å². The molecule has 0 radical (unpaired) electrons. The summed E-state index contributed by atoms with van der Waals surface area (Å²) in [6.45, 7) is 4.40. The highest BCUT2D eigenvalue weighted by molar-refractivity contribution is 5.93. The molecule has 0 aromatic heterocycles. The maximum absolute atomic E-state index is 13.6. The molecule has 0 saturated heterocycles. The second-order valence-corrected chi connectivity index (χ2v) is 4.32. The van der Waals surface area contributed by atoms with Crippen molar-refractivity contribution in [1.29, 1.82) is 0 Å². The Labute approximate surface area is 113 Å². The van der Waals surface area contributed by atoms with E-state index in [2.05, 4.69) is 5.32 Å². The van der Waals surface area contributed by atoms with Gasteiger partial charge in [-0.25, -0.2) is 4.39 Å². The first-order valence-electron chi connectivity index (χ1n) is 6.38. The highest BCUT2D eigenvalue weighted by Gasteiger charge is 2.06. The predicted molar refractivity (Wildman–Crippen MR) is 74.7 cm³/mol. The van der Waals surface area contributed by atoms with Gasteiger partial charge in [-0.3, -0.25) is 4.79 Å². The molecule has 1 aromatic carbocycles. The van der Waals surface area contributed by atoms with Crippen LogP contribution >= 0.6 is 0 Å². The second kappa shape index (κ2) is 7.69. The lowest BCUT2D eigenvalue weighted by molar-refractivity contribution is -0.114. The van der Waals surface area contributed by atoms with Gasteiger partial charge in [-0.1, -0.05) is 6.92 Å². The van der Waals surface area contributed by atoms with Gasteiger partial charge in [0.1, 0.15) is 17.7 Å². The molecule has 1 atom stereocenters. The Morgan fingerprint density at radius 2 is 2.26 bits per heavy atom. The van der Waals surface area contributed by atoms with Crippen LogP contribution in [-0.4, -0.2) is 25.5 Å². The van der Waals surface area contributed by atoms with Gasteiger partial charge in [-0.2, -0.15) is 0 Å². The molecule has 1 N–H and O–H groups in total. The molecule has 0 aliphatic heterocycles. The number of hydrogen-bond acceptors (Lipinski definition) is 3. The first-order chi connectivity index (χ1) is 9.06.